The molecule has 0 aliphatic carbocycles. The number of carbonyl (C=O) groups is 2. The van der Waals surface area contributed by atoms with Gasteiger partial charge in [-0.15, -0.1) is 0 Å². The lowest BCUT2D eigenvalue weighted by Crippen LogP contribution is -2.17. The summed E-state index contributed by atoms with van der Waals surface area (Å²) < 4.78 is 5.22. The molecule has 2 aromatic carbocycles. The van der Waals surface area contributed by atoms with Gasteiger partial charge in [0.25, 0.3) is 11.8 Å². The molecule has 6 nitrogen and oxygen atoms in total. The molecule has 0 atom stereocenters. The molecular weight excluding hydrogens is 330 g/mol. The van der Waals surface area contributed by atoms with Crippen LogP contribution in [-0.4, -0.2) is 23.9 Å². The van der Waals surface area contributed by atoms with Crippen molar-refractivity contribution in [3.05, 3.63) is 84.2 Å². The zero-order valence-electron chi connectivity index (χ0n) is 14.1. The van der Waals surface area contributed by atoms with Gasteiger partial charge >= 0.3 is 0 Å². The summed E-state index contributed by atoms with van der Waals surface area (Å²) in [5.74, 6) is -0.189. The Bertz CT molecular complexity index is 926. The van der Waals surface area contributed by atoms with E-state index in [1.54, 1.807) is 36.4 Å². The second-order valence-electron chi connectivity index (χ2n) is 5.40. The highest BCUT2D eigenvalue weighted by atomic mass is 16.5. The average Bonchev–Trinajstić information content (AvgIpc) is 2.69. The van der Waals surface area contributed by atoms with Gasteiger partial charge in [0.1, 0.15) is 11.4 Å². The van der Waals surface area contributed by atoms with E-state index in [1.165, 1.54) is 19.4 Å². The number of methoxy groups -OCH3 is 1. The van der Waals surface area contributed by atoms with Crippen LogP contribution in [0.1, 0.15) is 20.8 Å². The van der Waals surface area contributed by atoms with E-state index in [0.717, 1.165) is 0 Å². The Kier molecular flexibility index (Phi) is 5.24. The van der Waals surface area contributed by atoms with E-state index in [4.69, 9.17) is 4.74 Å². The minimum atomic E-state index is -0.386. The SMILES string of the molecule is COc1ccccc1NC(=O)c1ccnc(C(=O)Nc2ccccc2)c1. The summed E-state index contributed by atoms with van der Waals surface area (Å²) in [6.45, 7) is 0. The molecule has 0 aliphatic heterocycles. The average molecular weight is 347 g/mol. The number of ether oxygens (including phenoxy) is 1. The lowest BCUT2D eigenvalue weighted by atomic mass is 10.2. The van der Waals surface area contributed by atoms with Crippen molar-refractivity contribution in [1.82, 2.24) is 4.98 Å². The number of amides is 2. The number of carbonyl (C=O) groups excluding carboxylic acids is 2. The van der Waals surface area contributed by atoms with Crippen molar-refractivity contribution in [3.8, 4) is 5.75 Å². The number of nitrogens with one attached hydrogen (secondary N) is 2. The van der Waals surface area contributed by atoms with E-state index in [1.807, 2.05) is 24.3 Å². The van der Waals surface area contributed by atoms with Crippen LogP contribution in [0.3, 0.4) is 0 Å². The van der Waals surface area contributed by atoms with Crippen LogP contribution < -0.4 is 15.4 Å². The summed E-state index contributed by atoms with van der Waals surface area (Å²) >= 11 is 0. The molecule has 26 heavy (non-hydrogen) atoms. The molecule has 0 radical (unpaired) electrons. The fourth-order valence-electron chi connectivity index (χ4n) is 2.35. The van der Waals surface area contributed by atoms with Gasteiger partial charge in [0.15, 0.2) is 0 Å². The van der Waals surface area contributed by atoms with Gasteiger partial charge in [-0.1, -0.05) is 30.3 Å². The predicted octanol–water partition coefficient (Wildman–Crippen LogP) is 3.59. The van der Waals surface area contributed by atoms with Crippen molar-refractivity contribution in [3.63, 3.8) is 0 Å². The van der Waals surface area contributed by atoms with Crippen LogP contribution in [0.25, 0.3) is 0 Å². The number of benzene rings is 2. The molecule has 0 bridgehead atoms. The normalized spacial score (nSPS) is 10.0. The maximum Gasteiger partial charge on any atom is 0.274 e. The number of rotatable bonds is 5. The summed E-state index contributed by atoms with van der Waals surface area (Å²) in [6, 6.07) is 19.1. The number of para-hydroxylation sites is 3. The standard InChI is InChI=1S/C20H17N3O3/c1-26-18-10-6-5-9-16(18)23-19(24)14-11-12-21-17(13-14)20(25)22-15-7-3-2-4-8-15/h2-13H,1H3,(H,22,25)(H,23,24). The summed E-state index contributed by atoms with van der Waals surface area (Å²) in [6.07, 6.45) is 1.43. The van der Waals surface area contributed by atoms with Crippen molar-refractivity contribution in [2.45, 2.75) is 0 Å². The minimum Gasteiger partial charge on any atom is -0.495 e. The molecule has 1 aromatic heterocycles. The van der Waals surface area contributed by atoms with Gasteiger partial charge in [-0.25, -0.2) is 0 Å². The molecule has 2 N–H and O–H groups in total. The van der Waals surface area contributed by atoms with Gasteiger partial charge in [-0.3, -0.25) is 14.6 Å². The summed E-state index contributed by atoms with van der Waals surface area (Å²) in [5.41, 5.74) is 1.68. The number of hydrogen-bond donors (Lipinski definition) is 2. The zero-order valence-corrected chi connectivity index (χ0v) is 14.1. The second kappa shape index (κ2) is 7.94. The van der Waals surface area contributed by atoms with E-state index < -0.39 is 0 Å². The molecule has 6 heteroatoms. The fraction of sp³-hybridized carbons (Fsp3) is 0.0500. The van der Waals surface area contributed by atoms with E-state index in [2.05, 4.69) is 15.6 Å². The Morgan fingerprint density at radius 1 is 0.885 bits per heavy atom. The maximum atomic E-state index is 12.5. The van der Waals surface area contributed by atoms with E-state index in [9.17, 15) is 9.59 Å². The number of aromatic nitrogens is 1. The Morgan fingerprint density at radius 3 is 2.38 bits per heavy atom. The fourth-order valence-corrected chi connectivity index (χ4v) is 2.35. The molecule has 0 unspecified atom stereocenters. The third-order valence-electron chi connectivity index (χ3n) is 3.64. The lowest BCUT2D eigenvalue weighted by molar-refractivity contribution is 0.102. The Balaban J connectivity index is 1.76. The molecule has 130 valence electrons. The van der Waals surface area contributed by atoms with Crippen molar-refractivity contribution in [1.29, 1.82) is 0 Å². The number of pyridine rings is 1. The first kappa shape index (κ1) is 17.2. The molecule has 1 heterocycles. The molecule has 3 rings (SSSR count). The van der Waals surface area contributed by atoms with Gasteiger partial charge < -0.3 is 15.4 Å². The zero-order chi connectivity index (χ0) is 18.4. The van der Waals surface area contributed by atoms with Crippen LogP contribution in [0.5, 0.6) is 5.75 Å². The summed E-state index contributed by atoms with van der Waals surface area (Å²) in [4.78, 5) is 28.9. The number of nitrogens with zero attached hydrogens (tertiary/aromatic N) is 1. The molecule has 2 amide bonds. The first-order valence-electron chi connectivity index (χ1n) is 7.94. The summed E-state index contributed by atoms with van der Waals surface area (Å²) in [5, 5.41) is 5.51. The van der Waals surface area contributed by atoms with Gasteiger partial charge in [0, 0.05) is 17.4 Å². The Labute approximate surface area is 150 Å². The van der Waals surface area contributed by atoms with Crippen molar-refractivity contribution in [2.75, 3.05) is 17.7 Å². The lowest BCUT2D eigenvalue weighted by Gasteiger charge is -2.10. The Hall–Kier alpha value is -3.67. The number of hydrogen-bond acceptors (Lipinski definition) is 4. The predicted molar refractivity (Wildman–Crippen MR) is 99.6 cm³/mol. The molecular formula is C20H17N3O3. The van der Waals surface area contributed by atoms with E-state index >= 15 is 0 Å². The Morgan fingerprint density at radius 2 is 1.62 bits per heavy atom. The van der Waals surface area contributed by atoms with Crippen molar-refractivity contribution >= 4 is 23.2 Å². The first-order valence-corrected chi connectivity index (χ1v) is 7.94. The molecule has 0 spiro atoms. The third-order valence-corrected chi connectivity index (χ3v) is 3.64. The van der Waals surface area contributed by atoms with Gasteiger partial charge in [0.05, 0.1) is 12.8 Å². The van der Waals surface area contributed by atoms with Crippen molar-refractivity contribution in [2.24, 2.45) is 0 Å². The second-order valence-corrected chi connectivity index (χ2v) is 5.40. The smallest absolute Gasteiger partial charge is 0.274 e. The highest BCUT2D eigenvalue weighted by molar-refractivity contribution is 6.08. The van der Waals surface area contributed by atoms with Gasteiger partial charge in [0.2, 0.25) is 0 Å². The number of anilines is 2. The van der Waals surface area contributed by atoms with Gasteiger partial charge in [-0.2, -0.15) is 0 Å². The monoisotopic (exact) mass is 347 g/mol. The molecule has 0 saturated heterocycles. The van der Waals surface area contributed by atoms with E-state index in [-0.39, 0.29) is 17.5 Å². The maximum absolute atomic E-state index is 12.5. The van der Waals surface area contributed by atoms with Crippen LogP contribution in [0.2, 0.25) is 0 Å². The molecule has 3 aromatic rings. The van der Waals surface area contributed by atoms with Crippen molar-refractivity contribution < 1.29 is 14.3 Å². The van der Waals surface area contributed by atoms with Gasteiger partial charge in [-0.05, 0) is 36.4 Å². The highest BCUT2D eigenvalue weighted by Gasteiger charge is 2.13. The topological polar surface area (TPSA) is 80.3 Å². The third kappa shape index (κ3) is 4.05. The molecule has 0 saturated carbocycles. The largest absolute Gasteiger partial charge is 0.495 e. The highest BCUT2D eigenvalue weighted by Crippen LogP contribution is 2.23. The van der Waals surface area contributed by atoms with E-state index in [0.29, 0.717) is 22.7 Å². The first-order chi connectivity index (χ1) is 12.7. The quantitative estimate of drug-likeness (QED) is 0.739. The van der Waals surface area contributed by atoms with Crippen LogP contribution in [0.15, 0.2) is 72.9 Å². The van der Waals surface area contributed by atoms with Crippen LogP contribution >= 0.6 is 0 Å². The van der Waals surface area contributed by atoms with Crippen LogP contribution in [-0.2, 0) is 0 Å². The molecule has 0 fully saturated rings. The molecule has 0 aliphatic rings. The van der Waals surface area contributed by atoms with Crippen LogP contribution in [0.4, 0.5) is 11.4 Å². The van der Waals surface area contributed by atoms with Crippen LogP contribution in [0, 0.1) is 0 Å². The summed E-state index contributed by atoms with van der Waals surface area (Å²) in [7, 11) is 1.53. The minimum absolute atomic E-state index is 0.154.